The van der Waals surface area contributed by atoms with Crippen LogP contribution in [0.25, 0.3) is 0 Å². The van der Waals surface area contributed by atoms with E-state index in [4.69, 9.17) is 5.11 Å². The van der Waals surface area contributed by atoms with Crippen LogP contribution >= 0.6 is 11.3 Å². The fourth-order valence-corrected chi connectivity index (χ4v) is 2.14. The third-order valence-corrected chi connectivity index (χ3v) is 3.10. The molecule has 1 amide bonds. The maximum atomic E-state index is 11.3. The number of hydrogen-bond acceptors (Lipinski definition) is 4. The average molecular weight is 226 g/mol. The van der Waals surface area contributed by atoms with Gasteiger partial charge in [-0.3, -0.25) is 4.79 Å². The monoisotopic (exact) mass is 226 g/mol. The zero-order chi connectivity index (χ0) is 10.7. The van der Waals surface area contributed by atoms with Gasteiger partial charge in [-0.2, -0.15) is 0 Å². The fourth-order valence-electron chi connectivity index (χ4n) is 1.33. The van der Waals surface area contributed by atoms with Gasteiger partial charge in [-0.25, -0.2) is 4.98 Å². The predicted molar refractivity (Wildman–Crippen MR) is 59.0 cm³/mol. The quantitative estimate of drug-likeness (QED) is 0.803. The molecule has 0 bridgehead atoms. The summed E-state index contributed by atoms with van der Waals surface area (Å²) in [5, 5.41) is 14.0. The number of aromatic nitrogens is 1. The van der Waals surface area contributed by atoms with Gasteiger partial charge in [0.2, 0.25) is 5.91 Å². The highest BCUT2D eigenvalue weighted by Crippen LogP contribution is 2.40. The van der Waals surface area contributed by atoms with Gasteiger partial charge < -0.3 is 10.4 Å². The van der Waals surface area contributed by atoms with Gasteiger partial charge in [0.25, 0.3) is 0 Å². The normalized spacial score (nSPS) is 15.3. The molecule has 2 N–H and O–H groups in total. The molecule has 82 valence electrons. The summed E-state index contributed by atoms with van der Waals surface area (Å²) < 4.78 is 0. The molecule has 5 heteroatoms. The molecule has 1 aliphatic carbocycles. The molecular weight excluding hydrogens is 212 g/mol. The van der Waals surface area contributed by atoms with Crippen molar-refractivity contribution in [2.45, 2.75) is 31.6 Å². The summed E-state index contributed by atoms with van der Waals surface area (Å²) in [5.41, 5.74) is 1.11. The summed E-state index contributed by atoms with van der Waals surface area (Å²) >= 11 is 1.47. The topological polar surface area (TPSA) is 62.2 Å². The highest BCUT2D eigenvalue weighted by Gasteiger charge is 2.26. The summed E-state index contributed by atoms with van der Waals surface area (Å²) in [4.78, 5) is 15.7. The van der Waals surface area contributed by atoms with Gasteiger partial charge in [-0.15, -0.1) is 11.3 Å². The van der Waals surface area contributed by atoms with Gasteiger partial charge in [0.1, 0.15) is 0 Å². The minimum Gasteiger partial charge on any atom is -0.396 e. The number of aliphatic hydroxyl groups excluding tert-OH is 1. The number of amides is 1. The van der Waals surface area contributed by atoms with E-state index in [9.17, 15) is 4.79 Å². The first-order chi connectivity index (χ1) is 7.29. The van der Waals surface area contributed by atoms with Crippen molar-refractivity contribution in [3.8, 4) is 0 Å². The number of thiazole rings is 1. The van der Waals surface area contributed by atoms with Crippen molar-refractivity contribution in [3.05, 3.63) is 11.1 Å². The van der Waals surface area contributed by atoms with Gasteiger partial charge in [0.15, 0.2) is 5.13 Å². The van der Waals surface area contributed by atoms with Crippen molar-refractivity contribution in [2.24, 2.45) is 0 Å². The molecule has 4 nitrogen and oxygen atoms in total. The molecule has 1 fully saturated rings. The predicted octanol–water partition coefficient (Wildman–Crippen LogP) is 1.73. The number of carbonyl (C=O) groups excluding carboxylic acids is 1. The van der Waals surface area contributed by atoms with Crippen molar-refractivity contribution < 1.29 is 9.90 Å². The number of nitrogens with one attached hydrogen (secondary N) is 1. The lowest BCUT2D eigenvalue weighted by atomic mass is 10.3. The number of hydrogen-bond donors (Lipinski definition) is 2. The van der Waals surface area contributed by atoms with Gasteiger partial charge in [-0.1, -0.05) is 0 Å². The lowest BCUT2D eigenvalue weighted by Crippen LogP contribution is -2.11. The Morgan fingerprint density at radius 3 is 3.13 bits per heavy atom. The Hall–Kier alpha value is -0.940. The van der Waals surface area contributed by atoms with E-state index in [-0.39, 0.29) is 12.5 Å². The van der Waals surface area contributed by atoms with E-state index in [2.05, 4.69) is 10.3 Å². The Morgan fingerprint density at radius 2 is 2.47 bits per heavy atom. The smallest absolute Gasteiger partial charge is 0.226 e. The lowest BCUT2D eigenvalue weighted by molar-refractivity contribution is -0.116. The van der Waals surface area contributed by atoms with Crippen LogP contribution in [0.3, 0.4) is 0 Å². The molecule has 15 heavy (non-hydrogen) atoms. The van der Waals surface area contributed by atoms with Crippen LogP contribution in [0, 0.1) is 0 Å². The molecule has 0 unspecified atom stereocenters. The van der Waals surface area contributed by atoms with Crippen LogP contribution in [0.4, 0.5) is 5.13 Å². The summed E-state index contributed by atoms with van der Waals surface area (Å²) in [6.45, 7) is 0.0542. The summed E-state index contributed by atoms with van der Waals surface area (Å²) in [6.07, 6.45) is 3.31. The Labute approximate surface area is 92.3 Å². The van der Waals surface area contributed by atoms with Crippen LogP contribution in [0.1, 0.15) is 37.3 Å². The molecule has 0 atom stereocenters. The fraction of sp³-hybridized carbons (Fsp3) is 0.600. The van der Waals surface area contributed by atoms with E-state index in [0.29, 0.717) is 23.9 Å². The SMILES string of the molecule is O=C(CCCO)Nc1nc(C2CC2)cs1. The Morgan fingerprint density at radius 1 is 1.67 bits per heavy atom. The van der Waals surface area contributed by atoms with Crippen molar-refractivity contribution >= 4 is 22.4 Å². The standard InChI is InChI=1S/C10H14N2O2S/c13-5-1-2-9(14)12-10-11-8(6-15-10)7-3-4-7/h6-7,13H,1-5H2,(H,11,12,14). The molecule has 1 saturated carbocycles. The molecule has 0 aliphatic heterocycles. The maximum absolute atomic E-state index is 11.3. The second-order valence-electron chi connectivity index (χ2n) is 3.73. The first kappa shape index (κ1) is 10.6. The second-order valence-corrected chi connectivity index (χ2v) is 4.59. The Bertz CT molecular complexity index is 347. The largest absolute Gasteiger partial charge is 0.396 e. The van der Waals surface area contributed by atoms with E-state index in [1.807, 2.05) is 5.38 Å². The van der Waals surface area contributed by atoms with E-state index in [1.54, 1.807) is 0 Å². The zero-order valence-corrected chi connectivity index (χ0v) is 9.22. The highest BCUT2D eigenvalue weighted by molar-refractivity contribution is 7.13. The summed E-state index contributed by atoms with van der Waals surface area (Å²) in [5.74, 6) is 0.560. The van der Waals surface area contributed by atoms with Crippen molar-refractivity contribution in [3.63, 3.8) is 0 Å². The van der Waals surface area contributed by atoms with Crippen LogP contribution in [-0.2, 0) is 4.79 Å². The number of nitrogens with zero attached hydrogens (tertiary/aromatic N) is 1. The minimum atomic E-state index is -0.0688. The van der Waals surface area contributed by atoms with Gasteiger partial charge in [0.05, 0.1) is 5.69 Å². The third-order valence-electron chi connectivity index (χ3n) is 2.33. The average Bonchev–Trinajstić information content (AvgIpc) is 2.98. The molecule has 1 aromatic heterocycles. The van der Waals surface area contributed by atoms with E-state index >= 15 is 0 Å². The van der Waals surface area contributed by atoms with Gasteiger partial charge in [-0.05, 0) is 19.3 Å². The number of carbonyl (C=O) groups is 1. The van der Waals surface area contributed by atoms with Crippen molar-refractivity contribution in [2.75, 3.05) is 11.9 Å². The molecular formula is C10H14N2O2S. The highest BCUT2D eigenvalue weighted by atomic mass is 32.1. The lowest BCUT2D eigenvalue weighted by Gasteiger charge is -1.99. The van der Waals surface area contributed by atoms with E-state index < -0.39 is 0 Å². The van der Waals surface area contributed by atoms with Gasteiger partial charge in [0, 0.05) is 24.3 Å². The molecule has 0 saturated heterocycles. The van der Waals surface area contributed by atoms with E-state index in [1.165, 1.54) is 24.2 Å². The van der Waals surface area contributed by atoms with Crippen molar-refractivity contribution in [1.29, 1.82) is 0 Å². The Kier molecular flexibility index (Phi) is 3.33. The number of aliphatic hydroxyl groups is 1. The number of anilines is 1. The molecule has 1 heterocycles. The van der Waals surface area contributed by atoms with Crippen LogP contribution < -0.4 is 5.32 Å². The zero-order valence-electron chi connectivity index (χ0n) is 8.40. The van der Waals surface area contributed by atoms with Crippen LogP contribution in [0.5, 0.6) is 0 Å². The number of rotatable bonds is 5. The summed E-state index contributed by atoms with van der Waals surface area (Å²) in [7, 11) is 0. The summed E-state index contributed by atoms with van der Waals surface area (Å²) in [6, 6.07) is 0. The van der Waals surface area contributed by atoms with Crippen LogP contribution in [0.2, 0.25) is 0 Å². The minimum absolute atomic E-state index is 0.0542. The molecule has 0 radical (unpaired) electrons. The van der Waals surface area contributed by atoms with Crippen molar-refractivity contribution in [1.82, 2.24) is 4.98 Å². The Balaban J connectivity index is 1.84. The molecule has 1 aliphatic rings. The van der Waals surface area contributed by atoms with Crippen LogP contribution in [-0.4, -0.2) is 22.6 Å². The first-order valence-electron chi connectivity index (χ1n) is 5.15. The second kappa shape index (κ2) is 4.72. The molecule has 0 aromatic carbocycles. The first-order valence-corrected chi connectivity index (χ1v) is 6.03. The molecule has 2 rings (SSSR count). The van der Waals surface area contributed by atoms with Gasteiger partial charge >= 0.3 is 0 Å². The third kappa shape index (κ3) is 3.00. The maximum Gasteiger partial charge on any atom is 0.226 e. The van der Waals surface area contributed by atoms with Crippen LogP contribution in [0.15, 0.2) is 5.38 Å². The van der Waals surface area contributed by atoms with E-state index in [0.717, 1.165) is 5.69 Å². The molecule has 0 spiro atoms. The molecule has 1 aromatic rings.